The minimum absolute atomic E-state index is 0.0328. The molecule has 0 saturated carbocycles. The molecule has 3 atom stereocenters. The molecule has 1 aliphatic rings. The predicted octanol–water partition coefficient (Wildman–Crippen LogP) is 3.25. The number of hydrogen-bond donors (Lipinski definition) is 1. The first kappa shape index (κ1) is 12.4. The van der Waals surface area contributed by atoms with Gasteiger partial charge in [-0.1, -0.05) is 31.2 Å². The van der Waals surface area contributed by atoms with Crippen LogP contribution in [-0.4, -0.2) is 9.78 Å². The summed E-state index contributed by atoms with van der Waals surface area (Å²) in [5, 5.41) is 4.63. The van der Waals surface area contributed by atoms with E-state index in [1.807, 2.05) is 6.92 Å². The number of benzene rings is 1. The molecule has 2 N–H and O–H groups in total. The van der Waals surface area contributed by atoms with Crippen LogP contribution < -0.4 is 5.73 Å². The number of aromatic nitrogens is 2. The van der Waals surface area contributed by atoms with Crippen LogP contribution >= 0.6 is 0 Å². The maximum atomic E-state index is 6.50. The molecule has 2 aromatic rings. The summed E-state index contributed by atoms with van der Waals surface area (Å²) >= 11 is 0. The molecule has 1 aliphatic carbocycles. The summed E-state index contributed by atoms with van der Waals surface area (Å²) in [4.78, 5) is 0. The van der Waals surface area contributed by atoms with E-state index in [2.05, 4.69) is 54.0 Å². The van der Waals surface area contributed by atoms with E-state index in [0.717, 1.165) is 12.1 Å². The molecule has 0 amide bonds. The molecule has 19 heavy (non-hydrogen) atoms. The first-order valence-corrected chi connectivity index (χ1v) is 6.95. The molecule has 3 rings (SSSR count). The van der Waals surface area contributed by atoms with Gasteiger partial charge in [0.25, 0.3) is 0 Å². The molecule has 3 unspecified atom stereocenters. The van der Waals surface area contributed by atoms with Crippen molar-refractivity contribution in [2.24, 2.45) is 5.73 Å². The fraction of sp³-hybridized carbons (Fsp3) is 0.438. The molecule has 0 radical (unpaired) electrons. The van der Waals surface area contributed by atoms with Crippen molar-refractivity contribution in [2.45, 2.75) is 45.2 Å². The lowest BCUT2D eigenvalue weighted by molar-refractivity contribution is 0.313. The van der Waals surface area contributed by atoms with E-state index in [0.29, 0.717) is 5.92 Å². The van der Waals surface area contributed by atoms with Gasteiger partial charge in [-0.3, -0.25) is 4.68 Å². The number of aryl methyl sites for hydroxylation is 2. The Labute approximate surface area is 114 Å². The minimum Gasteiger partial charge on any atom is -0.322 e. The Morgan fingerprint density at radius 2 is 1.89 bits per heavy atom. The highest BCUT2D eigenvalue weighted by molar-refractivity contribution is 5.36. The molecule has 1 heterocycles. The molecule has 0 fully saturated rings. The fourth-order valence-corrected chi connectivity index (χ4v) is 3.34. The monoisotopic (exact) mass is 255 g/mol. The van der Waals surface area contributed by atoms with Gasteiger partial charge in [-0.15, -0.1) is 0 Å². The number of rotatable bonds is 1. The third-order valence-corrected chi connectivity index (χ3v) is 4.25. The number of nitrogens with zero attached hydrogens (tertiary/aromatic N) is 2. The van der Waals surface area contributed by atoms with Crippen molar-refractivity contribution in [3.63, 3.8) is 0 Å². The summed E-state index contributed by atoms with van der Waals surface area (Å²) < 4.78 is 2.12. The van der Waals surface area contributed by atoms with Gasteiger partial charge in [0.2, 0.25) is 0 Å². The van der Waals surface area contributed by atoms with Gasteiger partial charge in [0.15, 0.2) is 0 Å². The van der Waals surface area contributed by atoms with Gasteiger partial charge in [0.05, 0.1) is 17.8 Å². The van der Waals surface area contributed by atoms with Gasteiger partial charge in [0.1, 0.15) is 0 Å². The topological polar surface area (TPSA) is 43.8 Å². The zero-order valence-corrected chi connectivity index (χ0v) is 11.8. The van der Waals surface area contributed by atoms with Crippen molar-refractivity contribution in [3.8, 4) is 0 Å². The van der Waals surface area contributed by atoms with Crippen LogP contribution in [0.3, 0.4) is 0 Å². The van der Waals surface area contributed by atoms with Gasteiger partial charge in [0, 0.05) is 5.69 Å². The van der Waals surface area contributed by atoms with Gasteiger partial charge in [-0.2, -0.15) is 5.10 Å². The molecular formula is C16H21N3. The van der Waals surface area contributed by atoms with Crippen LogP contribution in [0.15, 0.2) is 30.3 Å². The number of hydrogen-bond acceptors (Lipinski definition) is 2. The van der Waals surface area contributed by atoms with E-state index in [9.17, 15) is 0 Å². The predicted molar refractivity (Wildman–Crippen MR) is 77.1 cm³/mol. The first-order chi connectivity index (χ1) is 9.08. The average molecular weight is 255 g/mol. The summed E-state index contributed by atoms with van der Waals surface area (Å²) in [6.07, 6.45) is 1.06. The van der Waals surface area contributed by atoms with Gasteiger partial charge >= 0.3 is 0 Å². The largest absolute Gasteiger partial charge is 0.322 e. The van der Waals surface area contributed by atoms with Crippen molar-refractivity contribution < 1.29 is 0 Å². The fourth-order valence-electron chi connectivity index (χ4n) is 3.34. The quantitative estimate of drug-likeness (QED) is 0.850. The Hall–Kier alpha value is -1.61. The van der Waals surface area contributed by atoms with Gasteiger partial charge < -0.3 is 5.73 Å². The SMILES string of the molecule is Cc1cc(C)n(C2CC(C)c3ccccc3C2N)n1. The van der Waals surface area contributed by atoms with Crippen LogP contribution in [0.5, 0.6) is 0 Å². The average Bonchev–Trinajstić information content (AvgIpc) is 2.73. The highest BCUT2D eigenvalue weighted by atomic mass is 15.3. The van der Waals surface area contributed by atoms with Crippen LogP contribution in [-0.2, 0) is 0 Å². The van der Waals surface area contributed by atoms with Crippen molar-refractivity contribution in [2.75, 3.05) is 0 Å². The molecule has 1 aromatic heterocycles. The zero-order chi connectivity index (χ0) is 13.6. The highest BCUT2D eigenvalue weighted by Gasteiger charge is 2.32. The molecule has 0 saturated heterocycles. The van der Waals surface area contributed by atoms with E-state index in [4.69, 9.17) is 5.73 Å². The Balaban J connectivity index is 2.05. The Bertz CT molecular complexity index is 600. The van der Waals surface area contributed by atoms with E-state index in [1.54, 1.807) is 0 Å². The summed E-state index contributed by atoms with van der Waals surface area (Å²) in [6, 6.07) is 11.0. The lowest BCUT2D eigenvalue weighted by Gasteiger charge is -2.35. The Kier molecular flexibility index (Phi) is 2.94. The summed E-state index contributed by atoms with van der Waals surface area (Å²) in [5.41, 5.74) is 11.4. The summed E-state index contributed by atoms with van der Waals surface area (Å²) in [5.74, 6) is 0.532. The third kappa shape index (κ3) is 1.98. The third-order valence-electron chi connectivity index (χ3n) is 4.25. The van der Waals surface area contributed by atoms with E-state index >= 15 is 0 Å². The van der Waals surface area contributed by atoms with Crippen LogP contribution in [0, 0.1) is 13.8 Å². The maximum Gasteiger partial charge on any atom is 0.0720 e. The molecule has 0 bridgehead atoms. The molecule has 100 valence electrons. The van der Waals surface area contributed by atoms with Crippen molar-refractivity contribution in [3.05, 3.63) is 52.8 Å². The van der Waals surface area contributed by atoms with Crippen molar-refractivity contribution in [1.82, 2.24) is 9.78 Å². The van der Waals surface area contributed by atoms with Gasteiger partial charge in [-0.05, 0) is 43.4 Å². The standard InChI is InChI=1S/C16H21N3/c1-10-8-15(19-12(3)9-11(2)18-19)16(17)14-7-5-4-6-13(10)14/h4-7,9-10,15-16H,8,17H2,1-3H3. The molecule has 3 heteroatoms. The van der Waals surface area contributed by atoms with E-state index < -0.39 is 0 Å². The first-order valence-electron chi connectivity index (χ1n) is 6.95. The highest BCUT2D eigenvalue weighted by Crippen LogP contribution is 2.42. The zero-order valence-electron chi connectivity index (χ0n) is 11.8. The number of fused-ring (bicyclic) bond motifs is 1. The van der Waals surface area contributed by atoms with Crippen molar-refractivity contribution >= 4 is 0 Å². The Morgan fingerprint density at radius 3 is 2.53 bits per heavy atom. The second kappa shape index (κ2) is 4.49. The molecular weight excluding hydrogens is 234 g/mol. The smallest absolute Gasteiger partial charge is 0.0720 e. The van der Waals surface area contributed by atoms with E-state index in [1.165, 1.54) is 16.8 Å². The second-order valence-electron chi connectivity index (χ2n) is 5.73. The Morgan fingerprint density at radius 1 is 1.21 bits per heavy atom. The maximum absolute atomic E-state index is 6.50. The molecule has 3 nitrogen and oxygen atoms in total. The molecule has 0 aliphatic heterocycles. The lowest BCUT2D eigenvalue weighted by Crippen LogP contribution is -2.32. The van der Waals surface area contributed by atoms with Gasteiger partial charge in [-0.25, -0.2) is 0 Å². The minimum atomic E-state index is 0.0328. The molecule has 1 aromatic carbocycles. The number of nitrogens with two attached hydrogens (primary N) is 1. The van der Waals surface area contributed by atoms with Crippen LogP contribution in [0.1, 0.15) is 53.9 Å². The lowest BCUT2D eigenvalue weighted by atomic mass is 9.78. The molecule has 0 spiro atoms. The van der Waals surface area contributed by atoms with Crippen LogP contribution in [0.4, 0.5) is 0 Å². The van der Waals surface area contributed by atoms with Crippen LogP contribution in [0.2, 0.25) is 0 Å². The van der Waals surface area contributed by atoms with E-state index in [-0.39, 0.29) is 12.1 Å². The summed E-state index contributed by atoms with van der Waals surface area (Å²) in [7, 11) is 0. The second-order valence-corrected chi connectivity index (χ2v) is 5.73. The normalized spacial score (nSPS) is 26.2. The van der Waals surface area contributed by atoms with Crippen molar-refractivity contribution in [1.29, 1.82) is 0 Å². The van der Waals surface area contributed by atoms with Crippen LogP contribution in [0.25, 0.3) is 0 Å². The summed E-state index contributed by atoms with van der Waals surface area (Å²) in [6.45, 7) is 6.43.